The number of fused-ring (bicyclic) bond motifs is 3. The number of para-hydroxylation sites is 1. The van der Waals surface area contributed by atoms with Crippen LogP contribution in [0.25, 0.3) is 27.6 Å². The minimum Gasteiger partial charge on any atom is -0.304 e. The van der Waals surface area contributed by atoms with E-state index < -0.39 is 0 Å². The molecule has 0 aliphatic heterocycles. The summed E-state index contributed by atoms with van der Waals surface area (Å²) in [7, 11) is 0. The molecule has 2 aromatic heterocycles. The van der Waals surface area contributed by atoms with Crippen molar-refractivity contribution in [1.29, 1.82) is 0 Å². The van der Waals surface area contributed by atoms with E-state index in [9.17, 15) is 4.79 Å². The van der Waals surface area contributed by atoms with Crippen LogP contribution in [0.5, 0.6) is 0 Å². The Balaban J connectivity index is 2.23. The molecule has 0 radical (unpaired) electrons. The molecule has 0 bridgehead atoms. The van der Waals surface area contributed by atoms with Gasteiger partial charge in [0.05, 0.1) is 33.5 Å². The van der Waals surface area contributed by atoms with Crippen LogP contribution >= 0.6 is 23.2 Å². The molecule has 108 valence electrons. The van der Waals surface area contributed by atoms with Gasteiger partial charge in [0.25, 0.3) is 0 Å². The normalized spacial score (nSPS) is 11.4. The fourth-order valence-corrected chi connectivity index (χ4v) is 3.01. The lowest BCUT2D eigenvalue weighted by Gasteiger charge is -2.07. The average Bonchev–Trinajstić information content (AvgIpc) is 2.84. The Bertz CT molecular complexity index is 1080. The summed E-state index contributed by atoms with van der Waals surface area (Å²) in [6.45, 7) is 0. The molecular formula is C16H9Cl2N3O. The third kappa shape index (κ3) is 1.92. The minimum absolute atomic E-state index is 0.266. The van der Waals surface area contributed by atoms with E-state index in [4.69, 9.17) is 23.2 Å². The summed E-state index contributed by atoms with van der Waals surface area (Å²) in [5.74, 6) is 0. The van der Waals surface area contributed by atoms with E-state index >= 15 is 0 Å². The number of hydrogen-bond acceptors (Lipinski definition) is 2. The highest BCUT2D eigenvalue weighted by Crippen LogP contribution is 2.28. The molecule has 0 aliphatic rings. The first kappa shape index (κ1) is 13.4. The number of nitrogens with one attached hydrogen (secondary N) is 1. The van der Waals surface area contributed by atoms with Crippen molar-refractivity contribution >= 4 is 45.1 Å². The number of hydrogen-bond donors (Lipinski definition) is 1. The number of imidazole rings is 1. The summed E-state index contributed by atoms with van der Waals surface area (Å²) in [5, 5.41) is 1.88. The van der Waals surface area contributed by atoms with Gasteiger partial charge < -0.3 is 4.98 Å². The summed E-state index contributed by atoms with van der Waals surface area (Å²) in [6.07, 6.45) is 1.64. The maximum Gasteiger partial charge on any atom is 0.331 e. The maximum absolute atomic E-state index is 12.4. The van der Waals surface area contributed by atoms with Crippen LogP contribution in [0.15, 0.2) is 53.5 Å². The highest BCUT2D eigenvalue weighted by atomic mass is 35.5. The Labute approximate surface area is 134 Å². The fourth-order valence-electron chi connectivity index (χ4n) is 2.62. The van der Waals surface area contributed by atoms with E-state index in [1.165, 1.54) is 0 Å². The molecule has 0 saturated carbocycles. The Morgan fingerprint density at radius 3 is 2.73 bits per heavy atom. The van der Waals surface area contributed by atoms with Crippen LogP contribution in [0.2, 0.25) is 10.0 Å². The number of aromatic nitrogens is 3. The van der Waals surface area contributed by atoms with E-state index in [1.54, 1.807) is 35.0 Å². The van der Waals surface area contributed by atoms with Crippen LogP contribution in [0.1, 0.15) is 0 Å². The van der Waals surface area contributed by atoms with E-state index in [0.717, 1.165) is 10.9 Å². The van der Waals surface area contributed by atoms with Gasteiger partial charge in [0.1, 0.15) is 0 Å². The van der Waals surface area contributed by atoms with Gasteiger partial charge in [-0.05, 0) is 30.3 Å². The van der Waals surface area contributed by atoms with E-state index in [1.807, 2.05) is 18.2 Å². The zero-order chi connectivity index (χ0) is 15.3. The molecule has 0 amide bonds. The molecule has 4 rings (SSSR count). The third-order valence-electron chi connectivity index (χ3n) is 3.56. The zero-order valence-corrected chi connectivity index (χ0v) is 12.7. The van der Waals surface area contributed by atoms with Gasteiger partial charge in [-0.25, -0.2) is 4.79 Å². The van der Waals surface area contributed by atoms with E-state index in [0.29, 0.717) is 26.8 Å². The number of halogens is 2. The first-order valence-electron chi connectivity index (χ1n) is 6.59. The van der Waals surface area contributed by atoms with Gasteiger partial charge >= 0.3 is 5.69 Å². The number of H-pyrrole nitrogens is 1. The second-order valence-electron chi connectivity index (χ2n) is 4.90. The Kier molecular flexibility index (Phi) is 2.96. The topological polar surface area (TPSA) is 50.7 Å². The molecule has 1 N–H and O–H groups in total. The zero-order valence-electron chi connectivity index (χ0n) is 11.2. The molecule has 0 saturated heterocycles. The van der Waals surface area contributed by atoms with Crippen molar-refractivity contribution in [2.45, 2.75) is 0 Å². The summed E-state index contributed by atoms with van der Waals surface area (Å²) in [5.41, 5.74) is 2.47. The van der Waals surface area contributed by atoms with Crippen molar-refractivity contribution in [3.63, 3.8) is 0 Å². The Morgan fingerprint density at radius 1 is 1.09 bits per heavy atom. The maximum atomic E-state index is 12.4. The van der Waals surface area contributed by atoms with Gasteiger partial charge in [0.2, 0.25) is 0 Å². The summed E-state index contributed by atoms with van der Waals surface area (Å²) >= 11 is 12.4. The lowest BCUT2D eigenvalue weighted by Crippen LogP contribution is -2.15. The van der Waals surface area contributed by atoms with Crippen LogP contribution in [-0.2, 0) is 0 Å². The van der Waals surface area contributed by atoms with Crippen molar-refractivity contribution in [1.82, 2.24) is 14.5 Å². The lowest BCUT2D eigenvalue weighted by molar-refractivity contribution is 1.02. The molecule has 6 heteroatoms. The largest absolute Gasteiger partial charge is 0.331 e. The van der Waals surface area contributed by atoms with Crippen LogP contribution in [-0.4, -0.2) is 14.5 Å². The molecular weight excluding hydrogens is 321 g/mol. The smallest absolute Gasteiger partial charge is 0.304 e. The Morgan fingerprint density at radius 2 is 1.91 bits per heavy atom. The quantitative estimate of drug-likeness (QED) is 0.569. The predicted octanol–water partition coefficient (Wildman–Crippen LogP) is 4.17. The van der Waals surface area contributed by atoms with Crippen molar-refractivity contribution in [3.8, 4) is 5.69 Å². The summed E-state index contributed by atoms with van der Waals surface area (Å²) in [4.78, 5) is 19.6. The molecule has 0 unspecified atom stereocenters. The molecule has 0 fully saturated rings. The summed E-state index contributed by atoms with van der Waals surface area (Å²) < 4.78 is 1.55. The number of rotatable bonds is 1. The van der Waals surface area contributed by atoms with Crippen molar-refractivity contribution in [2.24, 2.45) is 0 Å². The van der Waals surface area contributed by atoms with Gasteiger partial charge in [-0.1, -0.05) is 35.3 Å². The number of nitrogens with zero attached hydrogens (tertiary/aromatic N) is 2. The fraction of sp³-hybridized carbons (Fsp3) is 0. The first-order chi connectivity index (χ1) is 10.6. The number of pyridine rings is 1. The van der Waals surface area contributed by atoms with Gasteiger partial charge in [0.15, 0.2) is 0 Å². The number of aromatic amines is 1. The molecule has 0 atom stereocenters. The summed E-state index contributed by atoms with van der Waals surface area (Å²) in [6, 6.07) is 12.6. The lowest BCUT2D eigenvalue weighted by atomic mass is 10.2. The molecule has 4 aromatic rings. The SMILES string of the molecule is O=c1[nH]c2cnc3ccc(Cl)cc3c2n1-c1ccccc1Cl. The van der Waals surface area contributed by atoms with Gasteiger partial charge in [-0.2, -0.15) is 0 Å². The van der Waals surface area contributed by atoms with Crippen molar-refractivity contribution in [3.05, 3.63) is 69.2 Å². The van der Waals surface area contributed by atoms with Gasteiger partial charge in [-0.3, -0.25) is 9.55 Å². The highest BCUT2D eigenvalue weighted by molar-refractivity contribution is 6.32. The monoisotopic (exact) mass is 329 g/mol. The van der Waals surface area contributed by atoms with Crippen molar-refractivity contribution < 1.29 is 0 Å². The first-order valence-corrected chi connectivity index (χ1v) is 7.34. The molecule has 0 aliphatic carbocycles. The predicted molar refractivity (Wildman–Crippen MR) is 89.2 cm³/mol. The van der Waals surface area contributed by atoms with Gasteiger partial charge in [0, 0.05) is 10.4 Å². The van der Waals surface area contributed by atoms with Crippen LogP contribution in [0.4, 0.5) is 0 Å². The highest BCUT2D eigenvalue weighted by Gasteiger charge is 2.14. The Hall–Kier alpha value is -2.30. The van der Waals surface area contributed by atoms with Gasteiger partial charge in [-0.15, -0.1) is 0 Å². The van der Waals surface area contributed by atoms with Crippen LogP contribution in [0.3, 0.4) is 0 Å². The third-order valence-corrected chi connectivity index (χ3v) is 4.12. The second kappa shape index (κ2) is 4.87. The van der Waals surface area contributed by atoms with Crippen LogP contribution < -0.4 is 5.69 Å². The van der Waals surface area contributed by atoms with E-state index in [2.05, 4.69) is 9.97 Å². The number of benzene rings is 2. The standard InChI is InChI=1S/C16H9Cl2N3O/c17-9-5-6-12-10(7-9)15-13(8-19-12)20-16(22)21(15)14-4-2-1-3-11(14)18/h1-8H,(H,20,22). The molecule has 0 spiro atoms. The molecule has 2 heterocycles. The van der Waals surface area contributed by atoms with E-state index in [-0.39, 0.29) is 5.69 Å². The minimum atomic E-state index is -0.266. The molecule has 4 nitrogen and oxygen atoms in total. The second-order valence-corrected chi connectivity index (χ2v) is 5.74. The average molecular weight is 330 g/mol. The molecule has 22 heavy (non-hydrogen) atoms. The van der Waals surface area contributed by atoms with Crippen molar-refractivity contribution in [2.75, 3.05) is 0 Å². The molecule has 2 aromatic carbocycles. The van der Waals surface area contributed by atoms with Crippen LogP contribution in [0, 0.1) is 0 Å².